The Morgan fingerprint density at radius 1 is 0.846 bits per heavy atom. The van der Waals surface area contributed by atoms with Crippen LogP contribution < -0.4 is 10.2 Å². The maximum atomic E-state index is 13.1. The number of nitrogens with zero attached hydrogens (tertiary/aromatic N) is 2. The number of rotatable bonds is 3. The molecule has 3 aromatic rings. The zero-order valence-electron chi connectivity index (χ0n) is 13.6. The molecule has 5 nitrogen and oxygen atoms in total. The van der Waals surface area contributed by atoms with Crippen LogP contribution in [0.15, 0.2) is 78.6 Å². The van der Waals surface area contributed by atoms with E-state index in [0.29, 0.717) is 11.4 Å². The van der Waals surface area contributed by atoms with Gasteiger partial charge in [0.1, 0.15) is 11.5 Å². The number of hydrogen-bond donors (Lipinski definition) is 1. The molecule has 26 heavy (non-hydrogen) atoms. The first-order chi connectivity index (χ1) is 12.6. The van der Waals surface area contributed by atoms with Crippen molar-refractivity contribution in [3.05, 3.63) is 90.1 Å². The van der Waals surface area contributed by atoms with Gasteiger partial charge in [0.05, 0.1) is 5.69 Å². The number of benzene rings is 2. The number of para-hydroxylation sites is 1. The lowest BCUT2D eigenvalue weighted by Crippen LogP contribution is -2.30. The van der Waals surface area contributed by atoms with Crippen LogP contribution in [0.3, 0.4) is 0 Å². The molecule has 4 rings (SSSR count). The van der Waals surface area contributed by atoms with Crippen LogP contribution in [0, 0.1) is 5.82 Å². The van der Waals surface area contributed by atoms with Gasteiger partial charge in [0.15, 0.2) is 0 Å². The topological polar surface area (TPSA) is 54.3 Å². The highest BCUT2D eigenvalue weighted by Crippen LogP contribution is 2.23. The number of carbonyl (C=O) groups excluding carboxylic acids is 2. The molecule has 1 aliphatic rings. The third-order valence-electron chi connectivity index (χ3n) is 4.07. The molecular weight excluding hydrogens is 333 g/mol. The monoisotopic (exact) mass is 347 g/mol. The van der Waals surface area contributed by atoms with Gasteiger partial charge < -0.3 is 9.88 Å². The number of urea groups is 1. The van der Waals surface area contributed by atoms with Crippen LogP contribution in [0.4, 0.5) is 14.9 Å². The fourth-order valence-corrected chi connectivity index (χ4v) is 2.84. The first-order valence-electron chi connectivity index (χ1n) is 7.99. The fraction of sp³-hybridized carbons (Fsp3) is 0. The maximum absolute atomic E-state index is 13.1. The van der Waals surface area contributed by atoms with Crippen molar-refractivity contribution in [1.29, 1.82) is 0 Å². The van der Waals surface area contributed by atoms with E-state index in [-0.39, 0.29) is 11.5 Å². The van der Waals surface area contributed by atoms with Gasteiger partial charge in [-0.05, 0) is 54.6 Å². The van der Waals surface area contributed by atoms with E-state index in [9.17, 15) is 14.0 Å². The van der Waals surface area contributed by atoms with Crippen LogP contribution in [0.1, 0.15) is 5.69 Å². The smallest absolute Gasteiger partial charge is 0.317 e. The van der Waals surface area contributed by atoms with Gasteiger partial charge in [-0.1, -0.05) is 18.2 Å². The SMILES string of the molecule is O=C1NC(=Cc2cccn2-c2ccc(F)cc2)C(=O)N1c1ccccc1. The van der Waals surface area contributed by atoms with Crippen molar-refractivity contribution in [3.8, 4) is 5.69 Å². The zero-order valence-corrected chi connectivity index (χ0v) is 13.6. The molecule has 0 atom stereocenters. The highest BCUT2D eigenvalue weighted by molar-refractivity contribution is 6.28. The summed E-state index contributed by atoms with van der Waals surface area (Å²) in [7, 11) is 0. The van der Waals surface area contributed by atoms with Gasteiger partial charge >= 0.3 is 6.03 Å². The molecule has 0 bridgehead atoms. The minimum Gasteiger partial charge on any atom is -0.317 e. The summed E-state index contributed by atoms with van der Waals surface area (Å²) in [5, 5.41) is 2.60. The molecule has 1 N–H and O–H groups in total. The predicted octanol–water partition coefficient (Wildman–Crippen LogP) is 3.71. The molecule has 3 amide bonds. The number of aromatic nitrogens is 1. The van der Waals surface area contributed by atoms with E-state index >= 15 is 0 Å². The van der Waals surface area contributed by atoms with Gasteiger partial charge in [-0.3, -0.25) is 4.79 Å². The molecule has 0 radical (unpaired) electrons. The maximum Gasteiger partial charge on any atom is 0.333 e. The number of anilines is 1. The number of imide groups is 1. The number of halogens is 1. The largest absolute Gasteiger partial charge is 0.333 e. The van der Waals surface area contributed by atoms with Crippen molar-refractivity contribution in [1.82, 2.24) is 9.88 Å². The molecule has 1 aromatic heterocycles. The lowest BCUT2D eigenvalue weighted by atomic mass is 10.2. The minimum absolute atomic E-state index is 0.181. The summed E-state index contributed by atoms with van der Waals surface area (Å²) in [6.07, 6.45) is 3.41. The van der Waals surface area contributed by atoms with Crippen LogP contribution >= 0.6 is 0 Å². The van der Waals surface area contributed by atoms with E-state index < -0.39 is 11.9 Å². The number of carbonyl (C=O) groups is 2. The van der Waals surface area contributed by atoms with Crippen molar-refractivity contribution < 1.29 is 14.0 Å². The van der Waals surface area contributed by atoms with Crippen molar-refractivity contribution in [2.75, 3.05) is 4.90 Å². The first kappa shape index (κ1) is 15.8. The lowest BCUT2D eigenvalue weighted by Gasteiger charge is -2.11. The van der Waals surface area contributed by atoms with Crippen LogP contribution in [-0.4, -0.2) is 16.5 Å². The molecule has 0 spiro atoms. The Labute approximate surface area is 149 Å². The second kappa shape index (κ2) is 6.33. The summed E-state index contributed by atoms with van der Waals surface area (Å²) in [4.78, 5) is 26.0. The van der Waals surface area contributed by atoms with E-state index in [2.05, 4.69) is 5.32 Å². The summed E-state index contributed by atoms with van der Waals surface area (Å²) >= 11 is 0. The standard InChI is InChI=1S/C20H14FN3O2/c21-14-8-10-15(11-9-14)23-12-4-7-17(23)13-18-19(25)24(20(26)22-18)16-5-2-1-3-6-16/h1-13H,(H,22,26). The number of amides is 3. The Morgan fingerprint density at radius 2 is 1.58 bits per heavy atom. The Morgan fingerprint density at radius 3 is 2.31 bits per heavy atom. The Kier molecular flexibility index (Phi) is 3.85. The molecule has 0 aliphatic carbocycles. The van der Waals surface area contributed by atoms with Crippen LogP contribution in [0.5, 0.6) is 0 Å². The van der Waals surface area contributed by atoms with Gasteiger partial charge in [-0.2, -0.15) is 0 Å². The van der Waals surface area contributed by atoms with Crippen LogP contribution in [0.25, 0.3) is 11.8 Å². The highest BCUT2D eigenvalue weighted by Gasteiger charge is 2.34. The van der Waals surface area contributed by atoms with E-state index in [1.165, 1.54) is 12.1 Å². The van der Waals surface area contributed by atoms with Crippen molar-refractivity contribution in [2.24, 2.45) is 0 Å². The van der Waals surface area contributed by atoms with E-state index in [1.54, 1.807) is 59.3 Å². The van der Waals surface area contributed by atoms with Gasteiger partial charge in [0, 0.05) is 17.6 Å². The third-order valence-corrected chi connectivity index (χ3v) is 4.07. The van der Waals surface area contributed by atoms with Gasteiger partial charge in [-0.15, -0.1) is 0 Å². The van der Waals surface area contributed by atoms with E-state index in [4.69, 9.17) is 0 Å². The minimum atomic E-state index is -0.493. The summed E-state index contributed by atoms with van der Waals surface area (Å²) in [5.41, 5.74) is 2.13. The van der Waals surface area contributed by atoms with E-state index in [0.717, 1.165) is 10.6 Å². The number of hydrogen-bond acceptors (Lipinski definition) is 2. The first-order valence-corrected chi connectivity index (χ1v) is 7.99. The number of nitrogens with one attached hydrogen (secondary N) is 1. The molecule has 6 heteroatoms. The average Bonchev–Trinajstić information content (AvgIpc) is 3.21. The normalized spacial score (nSPS) is 15.6. The average molecular weight is 347 g/mol. The highest BCUT2D eigenvalue weighted by atomic mass is 19.1. The quantitative estimate of drug-likeness (QED) is 0.580. The summed E-state index contributed by atoms with van der Waals surface area (Å²) < 4.78 is 14.9. The summed E-state index contributed by atoms with van der Waals surface area (Å²) in [6.45, 7) is 0. The summed E-state index contributed by atoms with van der Waals surface area (Å²) in [5.74, 6) is -0.745. The third kappa shape index (κ3) is 2.77. The Hall–Kier alpha value is -3.67. The van der Waals surface area contributed by atoms with E-state index in [1.807, 2.05) is 12.1 Å². The molecule has 0 saturated carbocycles. The second-order valence-electron chi connectivity index (χ2n) is 5.74. The molecular formula is C20H14FN3O2. The molecule has 1 fully saturated rings. The van der Waals surface area contributed by atoms with Gasteiger partial charge in [-0.25, -0.2) is 14.1 Å². The molecule has 2 aromatic carbocycles. The lowest BCUT2D eigenvalue weighted by molar-refractivity contribution is -0.113. The predicted molar refractivity (Wildman–Crippen MR) is 96.2 cm³/mol. The molecule has 128 valence electrons. The van der Waals surface area contributed by atoms with Crippen LogP contribution in [-0.2, 0) is 4.79 Å². The van der Waals surface area contributed by atoms with Crippen LogP contribution in [0.2, 0.25) is 0 Å². The van der Waals surface area contributed by atoms with Crippen molar-refractivity contribution in [2.45, 2.75) is 0 Å². The molecule has 1 saturated heterocycles. The molecule has 1 aliphatic heterocycles. The zero-order chi connectivity index (χ0) is 18.1. The Balaban J connectivity index is 1.68. The molecule has 2 heterocycles. The fourth-order valence-electron chi connectivity index (χ4n) is 2.84. The van der Waals surface area contributed by atoms with Gasteiger partial charge in [0.2, 0.25) is 0 Å². The Bertz CT molecular complexity index is 1010. The molecule has 0 unspecified atom stereocenters. The van der Waals surface area contributed by atoms with Crippen molar-refractivity contribution in [3.63, 3.8) is 0 Å². The second-order valence-corrected chi connectivity index (χ2v) is 5.74. The van der Waals surface area contributed by atoms with Gasteiger partial charge in [0.25, 0.3) is 5.91 Å². The summed E-state index contributed by atoms with van der Waals surface area (Å²) in [6, 6.07) is 17.9. The van der Waals surface area contributed by atoms with Crippen molar-refractivity contribution >= 4 is 23.7 Å².